The molecule has 2 N–H and O–H groups in total. The molecule has 2 rings (SSSR count). The number of H-pyrrole nitrogens is 1. The summed E-state index contributed by atoms with van der Waals surface area (Å²) in [6.07, 6.45) is -0.559. The Balaban J connectivity index is 2.52. The molecule has 0 aliphatic carbocycles. The average molecular weight is 216 g/mol. The summed E-state index contributed by atoms with van der Waals surface area (Å²) < 4.78 is 0. The van der Waals surface area contributed by atoms with Crippen LogP contribution in [-0.4, -0.2) is 15.1 Å². The first-order chi connectivity index (χ1) is 7.59. The van der Waals surface area contributed by atoms with Crippen molar-refractivity contribution in [1.82, 2.24) is 9.97 Å². The molecule has 2 aromatic rings. The number of aliphatic hydroxyl groups is 1. The van der Waals surface area contributed by atoms with Gasteiger partial charge in [0.25, 0.3) is 0 Å². The van der Waals surface area contributed by atoms with E-state index >= 15 is 0 Å². The smallest absolute Gasteiger partial charge is 0.135 e. The number of rotatable bonds is 2. The van der Waals surface area contributed by atoms with E-state index in [-0.39, 0.29) is 0 Å². The summed E-state index contributed by atoms with van der Waals surface area (Å²) >= 11 is 0. The third-order valence-electron chi connectivity index (χ3n) is 2.70. The molecule has 0 aliphatic rings. The molecule has 0 amide bonds. The Morgan fingerprint density at radius 2 is 1.94 bits per heavy atom. The Bertz CT molecular complexity index is 500. The number of hydrogen-bond donors (Lipinski definition) is 2. The molecule has 1 unspecified atom stereocenters. The summed E-state index contributed by atoms with van der Waals surface area (Å²) in [6, 6.07) is 8.12. The second-order valence-corrected chi connectivity index (χ2v) is 4.09. The minimum absolute atomic E-state index is 0.559. The number of aliphatic hydroxyl groups excluding tert-OH is 1. The SMILES string of the molecule is Cc1ccccc1-c1nc(C(C)O)[nH]c1C. The van der Waals surface area contributed by atoms with Gasteiger partial charge in [-0.25, -0.2) is 4.98 Å². The van der Waals surface area contributed by atoms with E-state index in [2.05, 4.69) is 23.0 Å². The highest BCUT2D eigenvalue weighted by molar-refractivity contribution is 5.65. The zero-order valence-corrected chi connectivity index (χ0v) is 9.78. The largest absolute Gasteiger partial charge is 0.385 e. The van der Waals surface area contributed by atoms with E-state index in [1.54, 1.807) is 6.92 Å². The topological polar surface area (TPSA) is 48.9 Å². The molecule has 0 saturated heterocycles. The van der Waals surface area contributed by atoms with Gasteiger partial charge in [-0.15, -0.1) is 0 Å². The molecule has 0 aliphatic heterocycles. The fraction of sp³-hybridized carbons (Fsp3) is 0.308. The van der Waals surface area contributed by atoms with Crippen LogP contribution in [0.3, 0.4) is 0 Å². The molecular weight excluding hydrogens is 200 g/mol. The number of nitrogens with zero attached hydrogens (tertiary/aromatic N) is 1. The number of imidazole rings is 1. The number of nitrogens with one attached hydrogen (secondary N) is 1. The molecule has 0 saturated carbocycles. The lowest BCUT2D eigenvalue weighted by Crippen LogP contribution is -1.93. The first kappa shape index (κ1) is 10.9. The van der Waals surface area contributed by atoms with Gasteiger partial charge >= 0.3 is 0 Å². The highest BCUT2D eigenvalue weighted by Gasteiger charge is 2.13. The van der Waals surface area contributed by atoms with Crippen LogP contribution in [0.15, 0.2) is 24.3 Å². The van der Waals surface area contributed by atoms with Gasteiger partial charge in [0, 0.05) is 11.3 Å². The molecule has 3 nitrogen and oxygen atoms in total. The lowest BCUT2D eigenvalue weighted by molar-refractivity contribution is 0.190. The maximum atomic E-state index is 9.48. The Kier molecular flexibility index (Phi) is 2.79. The monoisotopic (exact) mass is 216 g/mol. The zero-order chi connectivity index (χ0) is 11.7. The van der Waals surface area contributed by atoms with Gasteiger partial charge in [-0.1, -0.05) is 24.3 Å². The standard InChI is InChI=1S/C13H16N2O/c1-8-6-4-5-7-11(8)12-9(2)14-13(15-12)10(3)16/h4-7,10,16H,1-3H3,(H,14,15). The average Bonchev–Trinajstić information content (AvgIpc) is 2.61. The normalized spacial score (nSPS) is 12.8. The van der Waals surface area contributed by atoms with Crippen molar-refractivity contribution in [2.24, 2.45) is 0 Å². The van der Waals surface area contributed by atoms with Crippen molar-refractivity contribution >= 4 is 0 Å². The summed E-state index contributed by atoms with van der Waals surface area (Å²) in [6.45, 7) is 5.74. The van der Waals surface area contributed by atoms with Crippen molar-refractivity contribution in [3.8, 4) is 11.3 Å². The summed E-state index contributed by atoms with van der Waals surface area (Å²) in [5.41, 5.74) is 4.22. The molecule has 0 spiro atoms. The van der Waals surface area contributed by atoms with Crippen LogP contribution < -0.4 is 0 Å². The lowest BCUT2D eigenvalue weighted by Gasteiger charge is -2.02. The lowest BCUT2D eigenvalue weighted by atomic mass is 10.1. The molecule has 3 heteroatoms. The second kappa shape index (κ2) is 4.10. The van der Waals surface area contributed by atoms with Crippen LogP contribution in [0.4, 0.5) is 0 Å². The molecular formula is C13H16N2O. The van der Waals surface area contributed by atoms with Crippen molar-refractivity contribution in [2.75, 3.05) is 0 Å². The fourth-order valence-electron chi connectivity index (χ4n) is 1.78. The van der Waals surface area contributed by atoms with Crippen LogP contribution in [0.1, 0.15) is 30.1 Å². The van der Waals surface area contributed by atoms with Crippen LogP contribution in [-0.2, 0) is 0 Å². The van der Waals surface area contributed by atoms with E-state index < -0.39 is 6.10 Å². The zero-order valence-electron chi connectivity index (χ0n) is 9.78. The predicted octanol–water partition coefficient (Wildman–Crippen LogP) is 2.75. The molecule has 1 atom stereocenters. The molecule has 16 heavy (non-hydrogen) atoms. The van der Waals surface area contributed by atoms with Crippen LogP contribution >= 0.6 is 0 Å². The molecule has 84 valence electrons. The fourth-order valence-corrected chi connectivity index (χ4v) is 1.78. The molecule has 1 aromatic carbocycles. The van der Waals surface area contributed by atoms with Gasteiger partial charge in [-0.2, -0.15) is 0 Å². The van der Waals surface area contributed by atoms with Crippen LogP contribution in [0.5, 0.6) is 0 Å². The van der Waals surface area contributed by atoms with Gasteiger partial charge in [0.05, 0.1) is 5.69 Å². The van der Waals surface area contributed by atoms with E-state index in [4.69, 9.17) is 0 Å². The predicted molar refractivity (Wildman–Crippen MR) is 64.1 cm³/mol. The first-order valence-corrected chi connectivity index (χ1v) is 5.40. The molecule has 1 heterocycles. The maximum absolute atomic E-state index is 9.48. The maximum Gasteiger partial charge on any atom is 0.135 e. The number of benzene rings is 1. The first-order valence-electron chi connectivity index (χ1n) is 5.40. The van der Waals surface area contributed by atoms with Crippen LogP contribution in [0.25, 0.3) is 11.3 Å². The highest BCUT2D eigenvalue weighted by Crippen LogP contribution is 2.25. The number of aromatic amines is 1. The van der Waals surface area contributed by atoms with E-state index in [1.165, 1.54) is 5.56 Å². The molecule has 0 radical (unpaired) electrons. The third-order valence-corrected chi connectivity index (χ3v) is 2.70. The Morgan fingerprint density at radius 3 is 2.50 bits per heavy atom. The van der Waals surface area contributed by atoms with Crippen molar-refractivity contribution in [3.05, 3.63) is 41.3 Å². The van der Waals surface area contributed by atoms with Gasteiger partial charge in [-0.3, -0.25) is 0 Å². The minimum atomic E-state index is -0.559. The van der Waals surface area contributed by atoms with Crippen LogP contribution in [0.2, 0.25) is 0 Å². The number of aryl methyl sites for hydroxylation is 2. The quantitative estimate of drug-likeness (QED) is 0.811. The molecule has 0 bridgehead atoms. The van der Waals surface area contributed by atoms with E-state index in [0.717, 1.165) is 17.0 Å². The third kappa shape index (κ3) is 1.86. The van der Waals surface area contributed by atoms with Gasteiger partial charge in [0.1, 0.15) is 11.9 Å². The Labute approximate surface area is 95.2 Å². The van der Waals surface area contributed by atoms with E-state index in [9.17, 15) is 5.11 Å². The Hall–Kier alpha value is -1.61. The van der Waals surface area contributed by atoms with E-state index in [0.29, 0.717) is 5.82 Å². The minimum Gasteiger partial charge on any atom is -0.385 e. The number of hydrogen-bond acceptors (Lipinski definition) is 2. The van der Waals surface area contributed by atoms with Crippen molar-refractivity contribution in [2.45, 2.75) is 26.9 Å². The van der Waals surface area contributed by atoms with Crippen LogP contribution in [0, 0.1) is 13.8 Å². The van der Waals surface area contributed by atoms with Crippen molar-refractivity contribution in [1.29, 1.82) is 0 Å². The summed E-state index contributed by atoms with van der Waals surface area (Å²) in [5, 5.41) is 9.48. The summed E-state index contributed by atoms with van der Waals surface area (Å²) in [4.78, 5) is 7.54. The van der Waals surface area contributed by atoms with Crippen molar-refractivity contribution < 1.29 is 5.11 Å². The molecule has 0 fully saturated rings. The second-order valence-electron chi connectivity index (χ2n) is 4.09. The van der Waals surface area contributed by atoms with Gasteiger partial charge in [-0.05, 0) is 26.3 Å². The van der Waals surface area contributed by atoms with Crippen molar-refractivity contribution in [3.63, 3.8) is 0 Å². The number of aromatic nitrogens is 2. The summed E-state index contributed by atoms with van der Waals surface area (Å²) in [5.74, 6) is 0.621. The van der Waals surface area contributed by atoms with Gasteiger partial charge in [0.2, 0.25) is 0 Å². The summed E-state index contributed by atoms with van der Waals surface area (Å²) in [7, 11) is 0. The highest BCUT2D eigenvalue weighted by atomic mass is 16.3. The Morgan fingerprint density at radius 1 is 1.25 bits per heavy atom. The van der Waals surface area contributed by atoms with E-state index in [1.807, 2.05) is 25.1 Å². The van der Waals surface area contributed by atoms with Gasteiger partial charge < -0.3 is 10.1 Å². The molecule has 1 aromatic heterocycles. The van der Waals surface area contributed by atoms with Gasteiger partial charge in [0.15, 0.2) is 0 Å².